The Morgan fingerprint density at radius 3 is 2.33 bits per heavy atom. The van der Waals surface area contributed by atoms with E-state index in [2.05, 4.69) is 15.9 Å². The van der Waals surface area contributed by atoms with Crippen LogP contribution in [0.2, 0.25) is 0 Å². The number of sulfonamides is 1. The zero-order chi connectivity index (χ0) is 14.1. The number of nitro groups is 1. The number of non-ortho nitro benzene ring substituents is 1. The quantitative estimate of drug-likeness (QED) is 0.480. The minimum absolute atomic E-state index is 0.0966. The van der Waals surface area contributed by atoms with Gasteiger partial charge in [-0.1, -0.05) is 0 Å². The van der Waals surface area contributed by atoms with Crippen molar-refractivity contribution in [2.24, 2.45) is 0 Å². The summed E-state index contributed by atoms with van der Waals surface area (Å²) in [6.45, 7) is 0. The van der Waals surface area contributed by atoms with Crippen molar-refractivity contribution in [1.29, 1.82) is 0 Å². The number of rotatable bonds is 4. The highest BCUT2D eigenvalue weighted by Gasteiger charge is 2.24. The van der Waals surface area contributed by atoms with Crippen LogP contribution in [0.15, 0.2) is 22.7 Å². The first kappa shape index (κ1) is 14.9. The molecule has 1 aromatic rings. The lowest BCUT2D eigenvalue weighted by Crippen LogP contribution is -2.28. The smallest absolute Gasteiger partial charge is 0.258 e. The van der Waals surface area contributed by atoms with Crippen LogP contribution in [0.3, 0.4) is 0 Å². The van der Waals surface area contributed by atoms with Crippen molar-refractivity contribution >= 4 is 48.2 Å². The molecule has 0 aliphatic rings. The maximum absolute atomic E-state index is 11.4. The number of benzene rings is 1. The van der Waals surface area contributed by atoms with E-state index in [9.17, 15) is 26.9 Å². The number of thiol groups is 1. The van der Waals surface area contributed by atoms with Gasteiger partial charge < -0.3 is 0 Å². The minimum atomic E-state index is -4.10. The molecule has 11 heteroatoms. The normalized spacial score (nSPS) is 11.5. The second kappa shape index (κ2) is 5.20. The van der Waals surface area contributed by atoms with Gasteiger partial charge in [0, 0.05) is 16.6 Å². The summed E-state index contributed by atoms with van der Waals surface area (Å²) >= 11 is 2.94. The highest BCUT2D eigenvalue weighted by atomic mass is 79.9. The Morgan fingerprint density at radius 2 is 1.94 bits per heavy atom. The first-order chi connectivity index (χ1) is 8.14. The van der Waals surface area contributed by atoms with E-state index in [1.165, 1.54) is 6.07 Å². The lowest BCUT2D eigenvalue weighted by atomic mass is 10.3. The third-order valence-electron chi connectivity index (χ3n) is 1.81. The molecule has 0 saturated carbocycles. The predicted molar refractivity (Wildman–Crippen MR) is 68.4 cm³/mol. The van der Waals surface area contributed by atoms with E-state index in [1.807, 2.05) is 0 Å². The number of nitrogens with zero attached hydrogens (tertiary/aromatic N) is 2. The molecule has 1 aromatic carbocycles. The van der Waals surface area contributed by atoms with Crippen molar-refractivity contribution in [1.82, 2.24) is 0 Å². The summed E-state index contributed by atoms with van der Waals surface area (Å²) in [5.41, 5.74) is -0.749. The van der Waals surface area contributed by atoms with Crippen LogP contribution in [0.4, 0.5) is 11.4 Å². The van der Waals surface area contributed by atoms with Gasteiger partial charge in [-0.25, -0.2) is 16.8 Å². The van der Waals surface area contributed by atoms with Crippen LogP contribution in [0.1, 0.15) is 0 Å². The fourth-order valence-corrected chi connectivity index (χ4v) is 3.65. The topological polar surface area (TPSA) is 115 Å². The molecular weight excluding hydrogens is 352 g/mol. The predicted octanol–water partition coefficient (Wildman–Crippen LogP) is 0.650. The molecule has 1 rings (SSSR count). The molecule has 0 aromatic heterocycles. The van der Waals surface area contributed by atoms with E-state index in [1.54, 1.807) is 0 Å². The molecule has 0 fully saturated rings. The average Bonchev–Trinajstić information content (AvgIpc) is 2.18. The van der Waals surface area contributed by atoms with Crippen molar-refractivity contribution in [2.45, 2.75) is 0 Å². The van der Waals surface area contributed by atoms with E-state index in [0.29, 0.717) is 6.26 Å². The van der Waals surface area contributed by atoms with Gasteiger partial charge in [0.2, 0.25) is 20.9 Å². The Morgan fingerprint density at radius 1 is 1.39 bits per heavy atom. The lowest BCUT2D eigenvalue weighted by molar-refractivity contribution is -0.384. The number of nitro benzene ring substituents is 1. The summed E-state index contributed by atoms with van der Waals surface area (Å²) in [7, 11) is -7.58. The van der Waals surface area contributed by atoms with Gasteiger partial charge in [-0.2, -0.15) is 3.71 Å². The van der Waals surface area contributed by atoms with Crippen LogP contribution in [0.5, 0.6) is 0 Å². The van der Waals surface area contributed by atoms with Crippen molar-refractivity contribution in [3.8, 4) is 0 Å². The Bertz CT molecular complexity index is 661. The van der Waals surface area contributed by atoms with Gasteiger partial charge in [-0.15, -0.1) is 0 Å². The van der Waals surface area contributed by atoms with Gasteiger partial charge in [0.15, 0.2) is 0 Å². The molecule has 0 saturated heterocycles. The first-order valence-corrected chi connectivity index (χ1v) is 8.00. The number of anilines is 1. The molecule has 0 aliphatic carbocycles. The van der Waals surface area contributed by atoms with Crippen LogP contribution >= 0.6 is 15.9 Å². The van der Waals surface area contributed by atoms with E-state index < -0.39 is 31.5 Å². The highest BCUT2D eigenvalue weighted by Crippen LogP contribution is 2.31. The fourth-order valence-electron chi connectivity index (χ4n) is 1.15. The molecule has 0 N–H and O–H groups in total. The average molecular weight is 359 g/mol. The first-order valence-electron chi connectivity index (χ1n) is 4.23. The largest absolute Gasteiger partial charge is 0.271 e. The summed E-state index contributed by atoms with van der Waals surface area (Å²) in [6.07, 6.45) is 0.684. The molecule has 0 unspecified atom stereocenters. The fraction of sp³-hybridized carbons (Fsp3) is 0.143. The van der Waals surface area contributed by atoms with Gasteiger partial charge in [0.05, 0.1) is 16.9 Å². The van der Waals surface area contributed by atoms with Gasteiger partial charge in [0.1, 0.15) is 0 Å². The van der Waals surface area contributed by atoms with Gasteiger partial charge in [-0.05, 0) is 22.0 Å². The maximum Gasteiger partial charge on any atom is 0.271 e. The molecule has 0 atom stereocenters. The van der Waals surface area contributed by atoms with E-state index in [4.69, 9.17) is 0 Å². The van der Waals surface area contributed by atoms with Crippen molar-refractivity contribution in [3.05, 3.63) is 32.8 Å². The molecular formula is C7H7BrN2O6S2. The zero-order valence-electron chi connectivity index (χ0n) is 8.81. The standard InChI is InChI=1S/C7H7BrN2O6S2/c1-18(15,16)10(17(13)14)7-4-5(9(11)12)2-3-6(7)8/h2-4,17H,1H3. The molecule has 0 aliphatic heterocycles. The van der Waals surface area contributed by atoms with Crippen LogP contribution in [0, 0.1) is 10.1 Å². The van der Waals surface area contributed by atoms with Gasteiger partial charge in [0.25, 0.3) is 5.69 Å². The maximum atomic E-state index is 11.4. The molecule has 0 spiro atoms. The van der Waals surface area contributed by atoms with Gasteiger partial charge >= 0.3 is 0 Å². The molecule has 0 radical (unpaired) electrons. The van der Waals surface area contributed by atoms with Crippen LogP contribution < -0.4 is 3.71 Å². The summed E-state index contributed by atoms with van der Waals surface area (Å²) in [4.78, 5) is 9.82. The third-order valence-corrected chi connectivity index (χ3v) is 5.11. The monoisotopic (exact) mass is 358 g/mol. The Balaban J connectivity index is 3.56. The van der Waals surface area contributed by atoms with Crippen molar-refractivity contribution < 1.29 is 21.8 Å². The molecule has 0 amide bonds. The van der Waals surface area contributed by atoms with Crippen LogP contribution in [-0.2, 0) is 20.9 Å². The van der Waals surface area contributed by atoms with E-state index in [0.717, 1.165) is 12.1 Å². The Labute approximate surface area is 113 Å². The van der Waals surface area contributed by atoms with Gasteiger partial charge in [-0.3, -0.25) is 10.1 Å². The number of hydrogen-bond donors (Lipinski definition) is 1. The lowest BCUT2D eigenvalue weighted by Gasteiger charge is -2.15. The molecule has 0 bridgehead atoms. The molecule has 8 nitrogen and oxygen atoms in total. The Hall–Kier alpha value is -1.20. The van der Waals surface area contributed by atoms with E-state index >= 15 is 0 Å². The second-order valence-corrected chi connectivity index (χ2v) is 6.97. The summed E-state index contributed by atoms with van der Waals surface area (Å²) in [5.74, 6) is 0. The third kappa shape index (κ3) is 3.17. The van der Waals surface area contributed by atoms with E-state index in [-0.39, 0.29) is 13.9 Å². The second-order valence-electron chi connectivity index (χ2n) is 3.14. The van der Waals surface area contributed by atoms with Crippen molar-refractivity contribution in [2.75, 3.05) is 9.97 Å². The SMILES string of the molecule is CS(=O)(=O)N(c1cc([N+](=O)[O-])ccc1Br)[SH](=O)=O. The molecule has 100 valence electrons. The summed E-state index contributed by atoms with van der Waals surface area (Å²) in [6, 6.07) is 3.17. The molecule has 18 heavy (non-hydrogen) atoms. The highest BCUT2D eigenvalue weighted by molar-refractivity contribution is 9.10. The van der Waals surface area contributed by atoms with Crippen LogP contribution in [-0.4, -0.2) is 28.0 Å². The van der Waals surface area contributed by atoms with Crippen molar-refractivity contribution in [3.63, 3.8) is 0 Å². The number of hydrogen-bond acceptors (Lipinski definition) is 6. The Kier molecular flexibility index (Phi) is 4.29. The summed E-state index contributed by atoms with van der Waals surface area (Å²) in [5, 5.41) is 10.6. The summed E-state index contributed by atoms with van der Waals surface area (Å²) < 4.78 is 44.9. The zero-order valence-corrected chi connectivity index (χ0v) is 12.1. The molecule has 0 heterocycles. The minimum Gasteiger partial charge on any atom is -0.258 e. The number of halogens is 1. The van der Waals surface area contributed by atoms with Crippen LogP contribution in [0.25, 0.3) is 0 Å².